The molecule has 4 nitrogen and oxygen atoms in total. The molecule has 0 atom stereocenters. The van der Waals surface area contributed by atoms with Crippen molar-refractivity contribution in [1.29, 1.82) is 5.41 Å². The second-order valence-electron chi connectivity index (χ2n) is 5.39. The Labute approximate surface area is 165 Å². The van der Waals surface area contributed by atoms with Gasteiger partial charge in [0, 0.05) is 10.6 Å². The van der Waals surface area contributed by atoms with Crippen molar-refractivity contribution in [2.45, 2.75) is 14.0 Å². The van der Waals surface area contributed by atoms with Crippen molar-refractivity contribution in [2.24, 2.45) is 5.73 Å². The number of thiophene rings is 1. The highest BCUT2D eigenvalue weighted by molar-refractivity contribution is 8.01. The average Bonchev–Trinajstić information content (AvgIpc) is 3.08. The van der Waals surface area contributed by atoms with E-state index in [-0.39, 0.29) is 15.6 Å². The fraction of sp³-hybridized carbons (Fsp3) is 0.0556. The third-order valence-electron chi connectivity index (χ3n) is 3.74. The van der Waals surface area contributed by atoms with Crippen LogP contribution < -0.4 is 5.73 Å². The number of nitrogens with two attached hydrogens (primary N) is 1. The van der Waals surface area contributed by atoms with Gasteiger partial charge in [0.2, 0.25) is 9.84 Å². The lowest BCUT2D eigenvalue weighted by atomic mass is 10.1. The van der Waals surface area contributed by atoms with Gasteiger partial charge in [0.15, 0.2) is 0 Å². The predicted octanol–water partition coefficient (Wildman–Crippen LogP) is 4.91. The number of benzene rings is 2. The van der Waals surface area contributed by atoms with Gasteiger partial charge in [0.05, 0.1) is 18.9 Å². The van der Waals surface area contributed by atoms with Gasteiger partial charge in [-0.2, -0.15) is 0 Å². The van der Waals surface area contributed by atoms with Crippen LogP contribution in [-0.2, 0) is 9.84 Å². The second-order valence-corrected chi connectivity index (χ2v) is 9.84. The quantitative estimate of drug-likeness (QED) is 0.347. The monoisotopic (exact) mass is 422 g/mol. The minimum atomic E-state index is -3.74. The van der Waals surface area contributed by atoms with E-state index in [0.717, 1.165) is 11.1 Å². The number of rotatable bonds is 5. The first-order valence-electron chi connectivity index (χ1n) is 7.47. The molecule has 1 heterocycles. The molecule has 0 spiro atoms. The van der Waals surface area contributed by atoms with Crippen molar-refractivity contribution in [3.63, 3.8) is 0 Å². The Hall–Kier alpha value is -1.80. The van der Waals surface area contributed by atoms with Crippen LogP contribution >= 0.6 is 34.7 Å². The Morgan fingerprint density at radius 2 is 1.88 bits per heavy atom. The van der Waals surface area contributed by atoms with E-state index < -0.39 is 9.84 Å². The molecule has 8 heteroatoms. The first kappa shape index (κ1) is 19.0. The van der Waals surface area contributed by atoms with E-state index in [1.165, 1.54) is 29.2 Å². The Bertz CT molecular complexity index is 1090. The van der Waals surface area contributed by atoms with Crippen LogP contribution in [0.15, 0.2) is 68.6 Å². The summed E-state index contributed by atoms with van der Waals surface area (Å²) < 4.78 is 26.9. The van der Waals surface area contributed by atoms with E-state index in [9.17, 15) is 8.42 Å². The number of hydrogen-bond acceptors (Lipinski definition) is 5. The second kappa shape index (κ2) is 7.44. The molecule has 26 heavy (non-hydrogen) atoms. The van der Waals surface area contributed by atoms with Gasteiger partial charge in [-0.1, -0.05) is 41.9 Å². The maximum Gasteiger partial charge on any atom is 0.208 e. The Balaban J connectivity index is 2.13. The van der Waals surface area contributed by atoms with Gasteiger partial charge in [0.25, 0.3) is 0 Å². The van der Waals surface area contributed by atoms with Crippen LogP contribution in [0.2, 0.25) is 5.02 Å². The molecule has 2 aromatic carbocycles. The molecule has 0 aliphatic carbocycles. The highest BCUT2D eigenvalue weighted by Crippen LogP contribution is 2.38. The molecule has 0 unspecified atom stereocenters. The fourth-order valence-electron chi connectivity index (χ4n) is 2.47. The van der Waals surface area contributed by atoms with Crippen LogP contribution in [0.1, 0.15) is 4.88 Å². The number of halogens is 1. The molecule has 0 amide bonds. The number of sulfone groups is 1. The van der Waals surface area contributed by atoms with E-state index in [1.54, 1.807) is 30.5 Å². The summed E-state index contributed by atoms with van der Waals surface area (Å²) in [5.74, 6) is -0.142. The normalized spacial score (nSPS) is 11.5. The number of hydrogen-bond donors (Lipinski definition) is 2. The molecule has 1 aromatic heterocycles. The predicted molar refractivity (Wildman–Crippen MR) is 109 cm³/mol. The van der Waals surface area contributed by atoms with Gasteiger partial charge >= 0.3 is 0 Å². The zero-order valence-corrected chi connectivity index (χ0v) is 16.9. The van der Waals surface area contributed by atoms with Crippen LogP contribution in [-0.4, -0.2) is 20.5 Å². The Morgan fingerprint density at radius 3 is 2.54 bits per heavy atom. The lowest BCUT2D eigenvalue weighted by Gasteiger charge is -2.08. The average molecular weight is 423 g/mol. The summed E-state index contributed by atoms with van der Waals surface area (Å²) in [6.07, 6.45) is 1.80. The maximum absolute atomic E-state index is 13.2. The Morgan fingerprint density at radius 1 is 1.15 bits per heavy atom. The molecule has 134 valence electrons. The minimum absolute atomic E-state index is 0.142. The zero-order chi connectivity index (χ0) is 18.9. The van der Waals surface area contributed by atoms with Crippen molar-refractivity contribution in [2.75, 3.05) is 6.26 Å². The van der Waals surface area contributed by atoms with Crippen molar-refractivity contribution >= 4 is 50.4 Å². The lowest BCUT2D eigenvalue weighted by Crippen LogP contribution is -2.08. The van der Waals surface area contributed by atoms with E-state index >= 15 is 0 Å². The van der Waals surface area contributed by atoms with Crippen LogP contribution in [0.3, 0.4) is 0 Å². The molecular formula is C18H15ClN2O2S3. The molecule has 0 saturated carbocycles. The van der Waals surface area contributed by atoms with E-state index in [2.05, 4.69) is 0 Å². The highest BCUT2D eigenvalue weighted by atomic mass is 35.5. The van der Waals surface area contributed by atoms with Crippen LogP contribution in [0.4, 0.5) is 0 Å². The zero-order valence-electron chi connectivity index (χ0n) is 13.7. The van der Waals surface area contributed by atoms with Gasteiger partial charge < -0.3 is 5.73 Å². The molecule has 0 aliphatic heterocycles. The maximum atomic E-state index is 13.2. The molecule has 0 radical (unpaired) electrons. The van der Waals surface area contributed by atoms with Crippen molar-refractivity contribution in [1.82, 2.24) is 0 Å². The van der Waals surface area contributed by atoms with Gasteiger partial charge in [-0.15, -0.1) is 23.1 Å². The van der Waals surface area contributed by atoms with Crippen LogP contribution in [0.5, 0.6) is 0 Å². The summed E-state index contributed by atoms with van der Waals surface area (Å²) in [7, 11) is -3.74. The SMILES string of the molecule is CSc1sc(C(=N)N)cc1S(=O)(=O)c1cccc(-c2ccccc2Cl)c1. The van der Waals surface area contributed by atoms with Crippen LogP contribution in [0, 0.1) is 5.41 Å². The molecular weight excluding hydrogens is 408 g/mol. The topological polar surface area (TPSA) is 84.0 Å². The molecule has 3 aromatic rings. The van der Waals surface area contributed by atoms with E-state index in [4.69, 9.17) is 22.7 Å². The third-order valence-corrected chi connectivity index (χ3v) is 8.40. The lowest BCUT2D eigenvalue weighted by molar-refractivity contribution is 0.595. The van der Waals surface area contributed by atoms with Gasteiger partial charge in [-0.3, -0.25) is 5.41 Å². The summed E-state index contributed by atoms with van der Waals surface area (Å²) in [6, 6.07) is 15.5. The van der Waals surface area contributed by atoms with E-state index in [0.29, 0.717) is 14.1 Å². The molecule has 0 fully saturated rings. The van der Waals surface area contributed by atoms with Crippen molar-refractivity contribution < 1.29 is 8.42 Å². The summed E-state index contributed by atoms with van der Waals surface area (Å²) >= 11 is 8.77. The summed E-state index contributed by atoms with van der Waals surface area (Å²) in [6.45, 7) is 0. The number of thioether (sulfide) groups is 1. The molecule has 0 aliphatic rings. The summed E-state index contributed by atoms with van der Waals surface area (Å²) in [5.41, 5.74) is 7.02. The molecule has 3 N–H and O–H groups in total. The van der Waals surface area contributed by atoms with Gasteiger partial charge in [-0.05, 0) is 36.1 Å². The largest absolute Gasteiger partial charge is 0.383 e. The number of nitrogen functional groups attached to an aromatic ring is 1. The smallest absolute Gasteiger partial charge is 0.208 e. The van der Waals surface area contributed by atoms with Crippen LogP contribution in [0.25, 0.3) is 11.1 Å². The standard InChI is InChI=1S/C18H15ClN2O2S3/c1-24-18-16(10-15(25-18)17(20)21)26(22,23)12-6-4-5-11(9-12)13-7-2-3-8-14(13)19/h2-10H,1H3,(H3,20,21). The summed E-state index contributed by atoms with van der Waals surface area (Å²) in [4.78, 5) is 0.796. The summed E-state index contributed by atoms with van der Waals surface area (Å²) in [5, 5.41) is 8.13. The van der Waals surface area contributed by atoms with Crippen molar-refractivity contribution in [3.05, 3.63) is 64.5 Å². The minimum Gasteiger partial charge on any atom is -0.383 e. The van der Waals surface area contributed by atoms with E-state index in [1.807, 2.05) is 24.3 Å². The molecule has 3 rings (SSSR count). The first-order chi connectivity index (χ1) is 12.3. The highest BCUT2D eigenvalue weighted by Gasteiger charge is 2.25. The molecule has 0 bridgehead atoms. The Kier molecular flexibility index (Phi) is 5.43. The fourth-order valence-corrected chi connectivity index (χ4v) is 6.62. The van der Waals surface area contributed by atoms with Gasteiger partial charge in [-0.25, -0.2) is 8.42 Å². The number of nitrogens with one attached hydrogen (secondary N) is 1. The molecule has 0 saturated heterocycles. The number of amidine groups is 1. The van der Waals surface area contributed by atoms with Crippen molar-refractivity contribution in [3.8, 4) is 11.1 Å². The first-order valence-corrected chi connectivity index (χ1v) is 11.4. The van der Waals surface area contributed by atoms with Gasteiger partial charge in [0.1, 0.15) is 5.84 Å². The third kappa shape index (κ3) is 3.53.